The van der Waals surface area contributed by atoms with Crippen molar-refractivity contribution in [3.05, 3.63) is 82.4 Å². The molecule has 0 unspecified atom stereocenters. The van der Waals surface area contributed by atoms with Crippen LogP contribution in [0.1, 0.15) is 22.8 Å². The van der Waals surface area contributed by atoms with Crippen LogP contribution in [-0.2, 0) is 11.2 Å². The number of halogens is 2. The van der Waals surface area contributed by atoms with Gasteiger partial charge in [0.25, 0.3) is 0 Å². The van der Waals surface area contributed by atoms with Gasteiger partial charge in [-0.25, -0.2) is 4.79 Å². The molecule has 1 atom stereocenters. The number of nitrogens with one attached hydrogen (secondary N) is 1. The maximum Gasteiger partial charge on any atom is 0.338 e. The van der Waals surface area contributed by atoms with Crippen molar-refractivity contribution in [1.82, 2.24) is 5.32 Å². The summed E-state index contributed by atoms with van der Waals surface area (Å²) in [6.45, 7) is 6.54. The number of rotatable bonds is 8. The smallest absolute Gasteiger partial charge is 0.338 e. The summed E-state index contributed by atoms with van der Waals surface area (Å²) >= 11 is 12.1. The van der Waals surface area contributed by atoms with Crippen molar-refractivity contribution in [3.8, 4) is 0 Å². The standard InChI is InChI=1S/C20H21Cl2NO2/c1-3-11-23-20(2,13-15-9-10-17(21)18(22)12-15)14-25-19(24)16-7-5-4-6-8-16/h3-10,12,23H,1,11,13-14H2,2H3/t20-/m1/s1. The molecule has 3 nitrogen and oxygen atoms in total. The van der Waals surface area contributed by atoms with Crippen molar-refractivity contribution in [2.45, 2.75) is 18.9 Å². The molecule has 0 heterocycles. The largest absolute Gasteiger partial charge is 0.460 e. The van der Waals surface area contributed by atoms with Gasteiger partial charge in [0.15, 0.2) is 0 Å². The minimum Gasteiger partial charge on any atom is -0.460 e. The van der Waals surface area contributed by atoms with Gasteiger partial charge in [-0.2, -0.15) is 0 Å². The fourth-order valence-electron chi connectivity index (χ4n) is 2.47. The molecule has 0 spiro atoms. The molecule has 1 N–H and O–H groups in total. The van der Waals surface area contributed by atoms with E-state index in [2.05, 4.69) is 11.9 Å². The molecular weight excluding hydrogens is 357 g/mol. The van der Waals surface area contributed by atoms with Crippen molar-refractivity contribution in [3.63, 3.8) is 0 Å². The molecule has 2 rings (SSSR count). The molecule has 0 aliphatic carbocycles. The highest BCUT2D eigenvalue weighted by molar-refractivity contribution is 6.42. The highest BCUT2D eigenvalue weighted by Gasteiger charge is 2.26. The van der Waals surface area contributed by atoms with E-state index < -0.39 is 5.54 Å². The number of ether oxygens (including phenoxy) is 1. The third kappa shape index (κ3) is 5.89. The molecular formula is C20H21Cl2NO2. The summed E-state index contributed by atoms with van der Waals surface area (Å²) in [5, 5.41) is 4.39. The van der Waals surface area contributed by atoms with E-state index in [-0.39, 0.29) is 12.6 Å². The van der Waals surface area contributed by atoms with E-state index in [1.807, 2.05) is 37.3 Å². The van der Waals surface area contributed by atoms with E-state index >= 15 is 0 Å². The number of carbonyl (C=O) groups is 1. The predicted octanol–water partition coefficient (Wildman–Crippen LogP) is 4.93. The van der Waals surface area contributed by atoms with Crippen LogP contribution in [-0.4, -0.2) is 24.7 Å². The van der Waals surface area contributed by atoms with Gasteiger partial charge in [-0.05, 0) is 43.2 Å². The zero-order valence-electron chi connectivity index (χ0n) is 14.1. The normalized spacial score (nSPS) is 13.1. The van der Waals surface area contributed by atoms with E-state index in [9.17, 15) is 4.79 Å². The summed E-state index contributed by atoms with van der Waals surface area (Å²) in [6.07, 6.45) is 2.39. The van der Waals surface area contributed by atoms with E-state index in [1.54, 1.807) is 24.3 Å². The van der Waals surface area contributed by atoms with Crippen LogP contribution in [0.4, 0.5) is 0 Å². The second-order valence-corrected chi connectivity index (χ2v) is 6.91. The average Bonchev–Trinajstić information content (AvgIpc) is 2.62. The Morgan fingerprint density at radius 2 is 1.92 bits per heavy atom. The summed E-state index contributed by atoms with van der Waals surface area (Å²) in [6, 6.07) is 14.5. The van der Waals surface area contributed by atoms with Crippen LogP contribution in [0.15, 0.2) is 61.2 Å². The van der Waals surface area contributed by atoms with Crippen molar-refractivity contribution < 1.29 is 9.53 Å². The predicted molar refractivity (Wildman–Crippen MR) is 103 cm³/mol. The van der Waals surface area contributed by atoms with E-state index in [0.717, 1.165) is 5.56 Å². The molecule has 25 heavy (non-hydrogen) atoms. The van der Waals surface area contributed by atoms with Gasteiger partial charge in [0.2, 0.25) is 0 Å². The summed E-state index contributed by atoms with van der Waals surface area (Å²) in [4.78, 5) is 12.2. The van der Waals surface area contributed by atoms with Crippen LogP contribution in [0.5, 0.6) is 0 Å². The first-order chi connectivity index (χ1) is 11.9. The Labute approximate surface area is 158 Å². The van der Waals surface area contributed by atoms with Crippen molar-refractivity contribution >= 4 is 29.2 Å². The van der Waals surface area contributed by atoms with Gasteiger partial charge in [-0.15, -0.1) is 6.58 Å². The maximum atomic E-state index is 12.2. The average molecular weight is 378 g/mol. The van der Waals surface area contributed by atoms with Gasteiger partial charge < -0.3 is 10.1 Å². The van der Waals surface area contributed by atoms with Gasteiger partial charge in [0.1, 0.15) is 6.61 Å². The molecule has 5 heteroatoms. The zero-order valence-corrected chi connectivity index (χ0v) is 15.6. The highest BCUT2D eigenvalue weighted by Crippen LogP contribution is 2.25. The Balaban J connectivity index is 2.09. The summed E-state index contributed by atoms with van der Waals surface area (Å²) in [5.74, 6) is -0.346. The van der Waals surface area contributed by atoms with E-state index in [4.69, 9.17) is 27.9 Å². The molecule has 0 amide bonds. The fourth-order valence-corrected chi connectivity index (χ4v) is 2.79. The van der Waals surface area contributed by atoms with Gasteiger partial charge in [0, 0.05) is 6.54 Å². The van der Waals surface area contributed by atoms with Crippen LogP contribution in [0, 0.1) is 0 Å². The van der Waals surface area contributed by atoms with Crippen LogP contribution in [0.2, 0.25) is 10.0 Å². The maximum absolute atomic E-state index is 12.2. The summed E-state index contributed by atoms with van der Waals surface area (Å²) < 4.78 is 5.52. The topological polar surface area (TPSA) is 38.3 Å². The lowest BCUT2D eigenvalue weighted by Gasteiger charge is -2.30. The summed E-state index contributed by atoms with van der Waals surface area (Å²) in [7, 11) is 0. The zero-order chi connectivity index (χ0) is 18.3. The van der Waals surface area contributed by atoms with Gasteiger partial charge in [0.05, 0.1) is 21.1 Å². The van der Waals surface area contributed by atoms with Gasteiger partial charge in [-0.3, -0.25) is 0 Å². The second kappa shape index (κ2) is 9.04. The lowest BCUT2D eigenvalue weighted by molar-refractivity contribution is 0.0386. The summed E-state index contributed by atoms with van der Waals surface area (Å²) in [5.41, 5.74) is 1.07. The third-order valence-corrected chi connectivity index (χ3v) is 4.52. The van der Waals surface area contributed by atoms with Crippen LogP contribution < -0.4 is 5.32 Å². The Kier molecular flexibility index (Phi) is 7.06. The van der Waals surface area contributed by atoms with Crippen molar-refractivity contribution in [2.75, 3.05) is 13.2 Å². The molecule has 0 fully saturated rings. The molecule has 132 valence electrons. The molecule has 0 aromatic heterocycles. The first-order valence-corrected chi connectivity index (χ1v) is 8.71. The first kappa shape index (κ1) is 19.5. The fraction of sp³-hybridized carbons (Fsp3) is 0.250. The van der Waals surface area contributed by atoms with Crippen LogP contribution in [0.3, 0.4) is 0 Å². The van der Waals surface area contributed by atoms with Crippen molar-refractivity contribution in [2.24, 2.45) is 0 Å². The number of hydrogen-bond acceptors (Lipinski definition) is 3. The Morgan fingerprint density at radius 1 is 1.20 bits per heavy atom. The van der Waals surface area contributed by atoms with Crippen molar-refractivity contribution in [1.29, 1.82) is 0 Å². The number of hydrogen-bond donors (Lipinski definition) is 1. The number of esters is 1. The SMILES string of the molecule is C=CCN[C@@](C)(COC(=O)c1ccccc1)Cc1ccc(Cl)c(Cl)c1. The van der Waals surface area contributed by atoms with E-state index in [1.165, 1.54) is 0 Å². The second-order valence-electron chi connectivity index (χ2n) is 6.10. The number of benzene rings is 2. The van der Waals surface area contributed by atoms with Gasteiger partial charge >= 0.3 is 5.97 Å². The minimum atomic E-state index is -0.463. The third-order valence-electron chi connectivity index (χ3n) is 3.78. The van der Waals surface area contributed by atoms with E-state index in [0.29, 0.717) is 28.6 Å². The Hall–Kier alpha value is -1.81. The quantitative estimate of drug-likeness (QED) is 0.523. The molecule has 0 aliphatic heterocycles. The lowest BCUT2D eigenvalue weighted by Crippen LogP contribution is -2.48. The number of carbonyl (C=O) groups excluding carboxylic acids is 1. The first-order valence-electron chi connectivity index (χ1n) is 7.95. The Bertz CT molecular complexity index is 734. The minimum absolute atomic E-state index is 0.217. The lowest BCUT2D eigenvalue weighted by atomic mass is 9.93. The molecule has 0 aliphatic rings. The molecule has 0 bridgehead atoms. The van der Waals surface area contributed by atoms with Crippen LogP contribution in [0.25, 0.3) is 0 Å². The highest BCUT2D eigenvalue weighted by atomic mass is 35.5. The van der Waals surface area contributed by atoms with Gasteiger partial charge in [-0.1, -0.05) is 53.5 Å². The molecule has 0 saturated heterocycles. The van der Waals surface area contributed by atoms with Crippen LogP contribution >= 0.6 is 23.2 Å². The Morgan fingerprint density at radius 3 is 2.56 bits per heavy atom. The monoisotopic (exact) mass is 377 g/mol. The molecule has 0 radical (unpaired) electrons. The molecule has 2 aromatic rings. The molecule has 2 aromatic carbocycles. The molecule has 0 saturated carbocycles.